The number of aromatic nitrogens is 3. The summed E-state index contributed by atoms with van der Waals surface area (Å²) in [5, 5.41) is 21.0. The minimum atomic E-state index is -0.770. The molecule has 10 aromatic carbocycles. The van der Waals surface area contributed by atoms with Gasteiger partial charge in [0.25, 0.3) is 17.7 Å². The summed E-state index contributed by atoms with van der Waals surface area (Å²) in [5.74, 6) is -1.29. The second-order valence-electron chi connectivity index (χ2n) is 34.7. The van der Waals surface area contributed by atoms with Gasteiger partial charge in [0.1, 0.15) is 50.3 Å². The molecule has 0 radical (unpaired) electrons. The summed E-state index contributed by atoms with van der Waals surface area (Å²) in [7, 11) is 10.2. The van der Waals surface area contributed by atoms with E-state index in [4.69, 9.17) is 30.4 Å². The Bertz CT molecular complexity index is 6690. The molecule has 26 nitrogen and oxygen atoms in total. The van der Waals surface area contributed by atoms with Gasteiger partial charge in [-0.15, -0.1) is 0 Å². The number of pyridine rings is 3. The van der Waals surface area contributed by atoms with Gasteiger partial charge in [0.05, 0.1) is 52.1 Å². The lowest BCUT2D eigenvalue weighted by atomic mass is 10.0. The SMILES string of the molecule is CN(C)CCCCNC(=O)c1cn2c3c(c(N)c(F)c(NCCCN4CCOCC4)c3c1=O)Oc1cc3ccccc3cc1-2.CN(C)CCCCNc1c(F)cc2c(=O)c(C(=O)NCCCN3CCN(C)CC3)cn3c2c1Oc1c-3ccc2ccccc12.Cc1ccc(CCNC(=O)c2cn3c4c(c(N5CCC(N)C5)c(F)cc4c2=O)Oc2cc4ccccc4cc2-3)cc1. The van der Waals surface area contributed by atoms with E-state index in [-0.39, 0.29) is 78.9 Å². The predicted octanol–water partition coefficient (Wildman–Crippen LogP) is 13.9. The van der Waals surface area contributed by atoms with Gasteiger partial charge in [-0.2, -0.15) is 0 Å². The number of likely N-dealkylation sites (N-methyl/N-ethyl adjacent to an activating group) is 1. The molecule has 1 atom stereocenters. The van der Waals surface area contributed by atoms with Gasteiger partial charge >= 0.3 is 0 Å². The lowest BCUT2D eigenvalue weighted by Crippen LogP contribution is -2.45. The Morgan fingerprint density at radius 3 is 1.59 bits per heavy atom. The number of halogens is 3. The van der Waals surface area contributed by atoms with E-state index in [1.165, 1.54) is 18.3 Å². The Kier molecular flexibility index (Phi) is 26.4. The van der Waals surface area contributed by atoms with Crippen LogP contribution in [0.15, 0.2) is 179 Å². The number of hydrogen-bond donors (Lipinski definition) is 7. The van der Waals surface area contributed by atoms with Crippen LogP contribution in [0.3, 0.4) is 0 Å². The fourth-order valence-electron chi connectivity index (χ4n) is 18.0. The van der Waals surface area contributed by atoms with E-state index in [1.54, 1.807) is 21.5 Å². The number of carbonyl (C=O) groups is 3. The molecule has 9 heterocycles. The van der Waals surface area contributed by atoms with Crippen molar-refractivity contribution in [3.8, 4) is 51.6 Å². The lowest BCUT2D eigenvalue weighted by Gasteiger charge is -2.32. The molecule has 670 valence electrons. The first-order chi connectivity index (χ1) is 62.5. The van der Waals surface area contributed by atoms with E-state index < -0.39 is 51.5 Å². The van der Waals surface area contributed by atoms with Gasteiger partial charge in [-0.1, -0.05) is 109 Å². The number of unbranched alkanes of at least 4 members (excludes halogenated alkanes) is 2. The van der Waals surface area contributed by atoms with Crippen LogP contribution in [0.1, 0.15) is 87.1 Å². The Hall–Kier alpha value is -12.9. The summed E-state index contributed by atoms with van der Waals surface area (Å²) in [6.07, 6.45) is 11.0. The number of nitrogens with two attached hydrogens (primary N) is 2. The van der Waals surface area contributed by atoms with Crippen molar-refractivity contribution in [2.45, 2.75) is 64.3 Å². The number of carbonyl (C=O) groups excluding carboxylic acids is 3. The number of ether oxygens (including phenoxy) is 4. The number of nitrogens with zero attached hydrogens (tertiary/aromatic N) is 9. The topological polar surface area (TPSA) is 286 Å². The van der Waals surface area contributed by atoms with Gasteiger partial charge in [0.2, 0.25) is 16.3 Å². The van der Waals surface area contributed by atoms with Crippen molar-refractivity contribution in [2.24, 2.45) is 5.73 Å². The highest BCUT2D eigenvalue weighted by Gasteiger charge is 2.37. The molecule has 0 aliphatic carbocycles. The maximum absolute atomic E-state index is 16.1. The smallest absolute Gasteiger partial charge is 0.256 e. The van der Waals surface area contributed by atoms with E-state index in [0.717, 1.165) is 154 Å². The molecular weight excluding hydrogens is 1640 g/mol. The van der Waals surface area contributed by atoms with E-state index in [0.29, 0.717) is 116 Å². The average Bonchev–Trinajstić information content (AvgIpc) is 1.22. The third kappa shape index (κ3) is 18.5. The van der Waals surface area contributed by atoms with Crippen LogP contribution in [-0.4, -0.2) is 222 Å². The monoisotopic (exact) mass is 1750 g/mol. The standard InChI is InChI=1S/C34H41FN6O3.C33H39FN6O4.C33H29FN4O3/c1-38(2)15-7-6-13-36-29-27(35)21-25-30-33(29)44-32-24-10-5-4-9-23(24)11-12-28(32)41(30)22-26(31(25)42)34(43)37-14-8-16-40-19-17-39(3)18-20-40;1-38(2)12-6-5-10-37-33(42)23-20-40-24-18-21-8-3-4-9-22(21)19-25(24)44-32-28(35)27(34)29(26(30(32)40)31(23)41)36-11-7-13-39-14-16-43-17-15-39;1-19-6-8-20(9-7-19)10-12-36-33(40)25-18-38-27-14-21-4-2-3-5-22(21)15-28(27)41-32-29(38)24(31(25)39)16-26(34)30(32)37-13-11-23(35)17-37/h4-5,9-12,21-22,36H,6-8,13-20H2,1-3H3,(H,37,43);3-4,8-9,18-20,36H,5-7,10-17,35H2,1-2H3,(H,37,42);2-9,14-16,18,23H,10-13,17,35H2,1H3,(H,36,40). The molecule has 0 bridgehead atoms. The van der Waals surface area contributed by atoms with Crippen molar-refractivity contribution in [1.82, 2.24) is 54.2 Å². The number of nitrogens with one attached hydrogen (secondary N) is 5. The summed E-state index contributed by atoms with van der Waals surface area (Å²) in [6, 6.07) is 45.5. The molecule has 29 heteroatoms. The molecule has 9 N–H and O–H groups in total. The number of fused-ring (bicyclic) bond motifs is 10. The van der Waals surface area contributed by atoms with E-state index in [2.05, 4.69) is 58.1 Å². The van der Waals surface area contributed by atoms with Crippen LogP contribution in [0.4, 0.5) is 35.9 Å². The van der Waals surface area contributed by atoms with Crippen LogP contribution in [-0.2, 0) is 11.2 Å². The van der Waals surface area contributed by atoms with Crippen molar-refractivity contribution in [1.29, 1.82) is 0 Å². The second-order valence-corrected chi connectivity index (χ2v) is 34.7. The van der Waals surface area contributed by atoms with Gasteiger partial charge in [0.15, 0.2) is 51.9 Å². The zero-order valence-electron chi connectivity index (χ0n) is 73.7. The number of piperazine rings is 1. The molecular formula is C100H109F3N16O10. The summed E-state index contributed by atoms with van der Waals surface area (Å²) in [4.78, 5) is 94.9. The molecule has 3 saturated heterocycles. The van der Waals surface area contributed by atoms with Crippen LogP contribution in [0.2, 0.25) is 0 Å². The average molecular weight is 1750 g/mol. The number of benzene rings is 10. The number of hydrogen-bond acceptors (Lipinski definition) is 20. The van der Waals surface area contributed by atoms with Gasteiger partial charge in [0, 0.05) is 115 Å². The minimum Gasteiger partial charge on any atom is -0.451 e. The largest absolute Gasteiger partial charge is 0.451 e. The fourth-order valence-corrected chi connectivity index (χ4v) is 18.0. The number of amides is 3. The highest BCUT2D eigenvalue weighted by Crippen LogP contribution is 2.52. The molecule has 0 saturated carbocycles. The molecule has 13 aromatic rings. The lowest BCUT2D eigenvalue weighted by molar-refractivity contribution is 0.0378. The Morgan fingerprint density at radius 2 is 0.984 bits per heavy atom. The zero-order valence-corrected chi connectivity index (χ0v) is 73.7. The molecule has 6 aliphatic rings. The molecule has 19 rings (SSSR count). The molecule has 0 spiro atoms. The number of anilines is 4. The maximum Gasteiger partial charge on any atom is 0.256 e. The number of rotatable bonds is 27. The molecule has 3 fully saturated rings. The van der Waals surface area contributed by atoms with Gasteiger partial charge in [-0.25, -0.2) is 13.2 Å². The van der Waals surface area contributed by atoms with E-state index >= 15 is 13.2 Å². The molecule has 6 aliphatic heterocycles. The molecule has 1 unspecified atom stereocenters. The summed E-state index contributed by atoms with van der Waals surface area (Å²) in [6.45, 7) is 16.0. The zero-order chi connectivity index (χ0) is 89.8. The maximum atomic E-state index is 16.1. The third-order valence-corrected chi connectivity index (χ3v) is 25.0. The normalized spacial score (nSPS) is 15.1. The number of morpholine rings is 1. The van der Waals surface area contributed by atoms with Crippen molar-refractivity contribution in [3.63, 3.8) is 0 Å². The van der Waals surface area contributed by atoms with Crippen molar-refractivity contribution < 1.29 is 46.5 Å². The predicted molar refractivity (Wildman–Crippen MR) is 505 cm³/mol. The Morgan fingerprint density at radius 1 is 0.481 bits per heavy atom. The van der Waals surface area contributed by atoms with Crippen LogP contribution in [0, 0.1) is 24.4 Å². The van der Waals surface area contributed by atoms with Crippen LogP contribution >= 0.6 is 0 Å². The van der Waals surface area contributed by atoms with E-state index in [1.807, 2.05) is 178 Å². The first-order valence-electron chi connectivity index (χ1n) is 44.6. The van der Waals surface area contributed by atoms with E-state index in [9.17, 15) is 28.8 Å². The molecule has 3 aromatic heterocycles. The van der Waals surface area contributed by atoms with Crippen LogP contribution < -0.4 is 73.4 Å². The summed E-state index contributed by atoms with van der Waals surface area (Å²) >= 11 is 0. The molecule has 3 amide bonds. The summed E-state index contributed by atoms with van der Waals surface area (Å²) in [5.41, 5.74) is 16.5. The van der Waals surface area contributed by atoms with Crippen LogP contribution in [0.25, 0.3) is 82.1 Å². The quantitative estimate of drug-likeness (QED) is 0.0186. The highest BCUT2D eigenvalue weighted by molar-refractivity contribution is 6.08. The second kappa shape index (κ2) is 38.6. The van der Waals surface area contributed by atoms with Crippen molar-refractivity contribution >= 4 is 105 Å². The van der Waals surface area contributed by atoms with Gasteiger partial charge in [-0.05, 0) is 195 Å². The highest BCUT2D eigenvalue weighted by atomic mass is 19.1. The first kappa shape index (κ1) is 88.2. The summed E-state index contributed by atoms with van der Waals surface area (Å²) < 4.78 is 77.6. The molecule has 129 heavy (non-hydrogen) atoms. The Balaban J connectivity index is 0.000000136. The van der Waals surface area contributed by atoms with Crippen molar-refractivity contribution in [2.75, 3.05) is 181 Å². The fraction of sp³-hybridized carbons (Fsp3) is 0.340. The van der Waals surface area contributed by atoms with Gasteiger partial charge < -0.3 is 95.2 Å². The van der Waals surface area contributed by atoms with Gasteiger partial charge in [-0.3, -0.25) is 33.7 Å². The first-order valence-corrected chi connectivity index (χ1v) is 44.6. The third-order valence-electron chi connectivity index (χ3n) is 25.0. The number of nitrogen functional groups attached to an aromatic ring is 1. The van der Waals surface area contributed by atoms with Crippen LogP contribution in [0.5, 0.6) is 34.5 Å². The Labute approximate surface area is 745 Å². The minimum absolute atomic E-state index is 0.0181. The number of aryl methyl sites for hydroxylation is 1. The van der Waals surface area contributed by atoms with Crippen molar-refractivity contribution in [3.05, 3.63) is 240 Å².